The summed E-state index contributed by atoms with van der Waals surface area (Å²) in [5.74, 6) is 1.26. The monoisotopic (exact) mass is 1730 g/mol. The number of Topliss-reactive ketones (excluding diaryl/α,β-unsaturated/α-hetero) is 1. The van der Waals surface area contributed by atoms with Crippen molar-refractivity contribution in [2.24, 2.45) is 47.3 Å². The van der Waals surface area contributed by atoms with Crippen LogP contribution in [0.4, 0.5) is 0 Å². The van der Waals surface area contributed by atoms with Gasteiger partial charge in [-0.05, 0) is 54.3 Å². The molecule has 0 aliphatic carbocycles. The Morgan fingerprint density at radius 2 is 0.716 bits per heavy atom. The van der Waals surface area contributed by atoms with Crippen molar-refractivity contribution < 1.29 is 52.6 Å². The molecule has 0 bridgehead atoms. The van der Waals surface area contributed by atoms with E-state index in [4.69, 9.17) is 60.3 Å². The molecule has 8 rings (SSSR count). The van der Waals surface area contributed by atoms with Crippen LogP contribution in [0.25, 0.3) is 0 Å². The fourth-order valence-electron chi connectivity index (χ4n) is 12.4. The molecule has 0 saturated carbocycles. The summed E-state index contributed by atoms with van der Waals surface area (Å²) in [4.78, 5) is 23.2. The van der Waals surface area contributed by atoms with Crippen LogP contribution in [0.5, 0.6) is 0 Å². The third kappa shape index (κ3) is 28.3. The Morgan fingerprint density at radius 3 is 1.00 bits per heavy atom. The van der Waals surface area contributed by atoms with Crippen molar-refractivity contribution in [3.63, 3.8) is 0 Å². The van der Waals surface area contributed by atoms with Crippen molar-refractivity contribution in [3.05, 3.63) is 0 Å². The van der Waals surface area contributed by atoms with Crippen LogP contribution in [0.15, 0.2) is 0 Å². The van der Waals surface area contributed by atoms with Gasteiger partial charge in [-0.15, -0.1) is 0 Å². The molecule has 8 aliphatic rings. The van der Waals surface area contributed by atoms with Crippen LogP contribution < -0.4 is 0 Å². The second-order valence-electron chi connectivity index (χ2n) is 22.5. The highest BCUT2D eigenvalue weighted by Gasteiger charge is 2.58. The van der Waals surface area contributed by atoms with E-state index < -0.39 is 17.5 Å². The molecule has 38 heteroatoms. The van der Waals surface area contributed by atoms with Crippen LogP contribution in [0.2, 0.25) is 0 Å². The molecule has 8 fully saturated rings. The van der Waals surface area contributed by atoms with E-state index in [0.717, 1.165) is 64.2 Å². The first kappa shape index (κ1) is 87.0. The maximum Gasteiger partial charge on any atom is 0.305 e. The quantitative estimate of drug-likeness (QED) is 0.248. The topological polar surface area (TPSA) is 128 Å². The Balaban J connectivity index is 0.000000340. The second-order valence-corrected chi connectivity index (χ2v) is 66.7. The summed E-state index contributed by atoms with van der Waals surface area (Å²) in [5, 5.41) is 9.33. The van der Waals surface area contributed by atoms with Gasteiger partial charge in [0.1, 0.15) is 5.78 Å². The smallest absolute Gasteiger partial charge is 0.305 e. The fourth-order valence-corrected chi connectivity index (χ4v) is 75.5. The average molecular weight is 1730 g/mol. The first-order valence-electron chi connectivity index (χ1n) is 27.8. The predicted octanol–water partition coefficient (Wildman–Crippen LogP) is 10.4. The van der Waals surface area contributed by atoms with Gasteiger partial charge in [-0.25, -0.2) is 0 Å². The van der Waals surface area contributed by atoms with E-state index in [-0.39, 0.29) is 108 Å². The van der Waals surface area contributed by atoms with Crippen molar-refractivity contribution in [3.8, 4) is 0 Å². The Labute approximate surface area is 607 Å². The van der Waals surface area contributed by atoms with Crippen LogP contribution in [0.3, 0.4) is 0 Å². The molecule has 0 aromatic carbocycles. The minimum absolute atomic E-state index is 0. The third-order valence-corrected chi connectivity index (χ3v) is 70.3. The first-order valence-corrected chi connectivity index (χ1v) is 62.5. The number of fused-ring (bicyclic) bond motifs is 4. The van der Waals surface area contributed by atoms with Crippen molar-refractivity contribution in [1.29, 1.82) is 0 Å². The van der Waals surface area contributed by atoms with Crippen LogP contribution >= 0.6 is 0 Å². The van der Waals surface area contributed by atoms with Gasteiger partial charge in [-0.2, -0.15) is 0 Å². The normalized spacial score (nSPS) is 35.8. The minimum atomic E-state index is -0.813. The molecule has 88 heavy (non-hydrogen) atoms. The van der Waals surface area contributed by atoms with Crippen molar-refractivity contribution in [1.82, 2.24) is 0 Å². The van der Waals surface area contributed by atoms with Gasteiger partial charge in [0, 0.05) is 302 Å². The van der Waals surface area contributed by atoms with Gasteiger partial charge in [0.05, 0.1) is 79.7 Å². The fraction of sp³-hybridized carbons (Fsp3) is 0.960. The molecule has 11 nitrogen and oxygen atoms in total. The largest absolute Gasteiger partial charge is 0.481 e. The van der Waals surface area contributed by atoms with Gasteiger partial charge in [-0.1, -0.05) is 104 Å². The number of carboxylic acid groups (broad SMARTS) is 1. The molecule has 518 valence electrons. The molecule has 1 N–H and O–H groups in total. The van der Waals surface area contributed by atoms with Gasteiger partial charge in [0.25, 0.3) is 0 Å². The molecular formula is C50H90O11S27. The van der Waals surface area contributed by atoms with Crippen molar-refractivity contribution in [2.45, 2.75) is 260 Å². The molecule has 8 saturated heterocycles. The standard InChI is InChI=1S/C24H40O5.C23H38O6.3CH4.S27/c1-7-13(2)18-9-21-20(26-18)10-22-23(27-21)15(4)12-24(29-22)11-14(3)17(6)19(28-24)8-16(5)25;1-6-12(2)16-7-19-18(26-16)8-20-22(27-19)14(4)11-23(29-20)10-13(3)15(5)17(28-23)9-21(24)25;;;;1-3-5-7-9-11-13-15-17-19-21-23-25-27-26-24-22-20-18-16-14-12-10-8-6-4-2/h13-15,17-23H,7-12H2,1-6H3;12-20,22H,6-11H2,1-5H3,(H,24,25);3*1H4;/t13-,14-,15-,17-,18-,19-,20+,21+,22-,23-,24+;12-,13-,14-,15-,16-,17-,18+,19+,20-,22-,23+;;;;/m00..../s1. The lowest BCUT2D eigenvalue weighted by atomic mass is 9.75. The zero-order chi connectivity index (χ0) is 61.5. The van der Waals surface area contributed by atoms with Crippen LogP contribution in [0, 0.1) is 47.3 Å². The number of rotatable bonds is 8. The molecule has 0 aromatic rings. The van der Waals surface area contributed by atoms with E-state index in [1.54, 1.807) is 131 Å². The number of carboxylic acids is 1. The van der Waals surface area contributed by atoms with E-state index in [2.05, 4.69) is 69.2 Å². The summed E-state index contributed by atoms with van der Waals surface area (Å²) >= 11 is 9.56. The van der Waals surface area contributed by atoms with E-state index in [1.807, 2.05) is 79.9 Å². The summed E-state index contributed by atoms with van der Waals surface area (Å²) in [6.07, 6.45) is 10.7. The summed E-state index contributed by atoms with van der Waals surface area (Å²) in [6, 6.07) is 0. The Kier molecular flexibility index (Phi) is 45.8. The Morgan fingerprint density at radius 1 is 0.432 bits per heavy atom. The molecule has 22 atom stereocenters. The summed E-state index contributed by atoms with van der Waals surface area (Å²) in [7, 11) is 43.6. The summed E-state index contributed by atoms with van der Waals surface area (Å²) in [6.45, 7) is 23.9. The highest BCUT2D eigenvalue weighted by Crippen LogP contribution is 2.52. The highest BCUT2D eigenvalue weighted by atomic mass is 33.5. The molecule has 0 amide bonds. The maximum absolute atomic E-state index is 11.8. The number of hydrogen-bond acceptors (Lipinski definition) is 12. The lowest BCUT2D eigenvalue weighted by molar-refractivity contribution is -0.369. The van der Waals surface area contributed by atoms with E-state index in [0.29, 0.717) is 54.0 Å². The van der Waals surface area contributed by atoms with Crippen molar-refractivity contribution in [2.75, 3.05) is 0 Å². The molecule has 8 heterocycles. The average Bonchev–Trinajstić information content (AvgIpc) is 1.72. The van der Waals surface area contributed by atoms with Gasteiger partial charge >= 0.3 is 5.97 Å². The number of ketones is 1. The lowest BCUT2D eigenvalue weighted by Gasteiger charge is -2.55. The Bertz CT molecular complexity index is 3290. The van der Waals surface area contributed by atoms with Gasteiger partial charge in [0.2, 0.25) is 0 Å². The van der Waals surface area contributed by atoms with E-state index in [1.165, 1.54) is 17.8 Å². The second kappa shape index (κ2) is 46.3. The number of ether oxygens (including phenoxy) is 8. The van der Waals surface area contributed by atoms with Crippen LogP contribution in [-0.4, -0.2) is 102 Å². The molecule has 0 unspecified atom stereocenters. The summed E-state index contributed by atoms with van der Waals surface area (Å²) < 4.78 is 52.2. The zero-order valence-electron chi connectivity index (χ0n) is 48.6. The maximum atomic E-state index is 11.8. The van der Waals surface area contributed by atoms with Crippen molar-refractivity contribution >= 4 is 256 Å². The summed E-state index contributed by atoms with van der Waals surface area (Å²) in [5.41, 5.74) is 0. The van der Waals surface area contributed by atoms with Gasteiger partial charge in [0.15, 0.2) is 11.6 Å². The third-order valence-electron chi connectivity index (χ3n) is 17.0. The highest BCUT2D eigenvalue weighted by molar-refractivity contribution is 8.79. The Hall–Kier alpha value is 4.76. The number of carbonyl (C=O) groups is 2. The van der Waals surface area contributed by atoms with E-state index in [9.17, 15) is 14.7 Å². The number of carbonyl (C=O) groups excluding carboxylic acids is 1. The van der Waals surface area contributed by atoms with Gasteiger partial charge in [-0.3, -0.25) is 9.59 Å². The van der Waals surface area contributed by atoms with E-state index >= 15 is 0 Å². The molecule has 0 aromatic heterocycles. The molecule has 0 radical (unpaired) electrons. The predicted molar refractivity (Wildman–Crippen MR) is 437 cm³/mol. The minimum Gasteiger partial charge on any atom is -0.481 e. The van der Waals surface area contributed by atoms with Crippen LogP contribution in [-0.2, 0) is 292 Å². The molecular weight excluding hydrogens is 1640 g/mol. The van der Waals surface area contributed by atoms with Gasteiger partial charge < -0.3 is 43.0 Å². The lowest BCUT2D eigenvalue weighted by Crippen LogP contribution is -2.61. The zero-order valence-corrected chi connectivity index (χ0v) is 70.6. The van der Waals surface area contributed by atoms with Crippen LogP contribution in [0.1, 0.15) is 175 Å². The molecule has 2 spiro atoms. The molecule has 8 aliphatic heterocycles. The number of hydrogen-bond donors (Lipinski definition) is 1. The SMILES string of the molecule is C.C.C.CC[C@H](C)[C@@H]1C[C@H]2O[C@@H]3[C@H](C[C@H]2O1)O[C@]1(C[C@H](C)[C@H](C)[C@H](CC(=O)O)O1)C[C@@H]3C.CC[C@H](C)[C@@H]1C[C@H]2O[C@@H]3[C@H](C[C@H]2O1)O[C@]1(C[C@H](C)[C@H](C)[C@H](CC(C)=O)O1)C[C@@H]3C.S=S=S=S=S=S=S=S=S=S=S=S=S=S=S=S=S=S=S=S=S=S=S=S=S=S=S. The first-order chi connectivity index (χ1) is 40.8. The number of aliphatic carboxylic acids is 1.